The Morgan fingerprint density at radius 1 is 1.47 bits per heavy atom. The second-order valence-corrected chi connectivity index (χ2v) is 4.20. The lowest BCUT2D eigenvalue weighted by Gasteiger charge is -2.13. The van der Waals surface area contributed by atoms with Gasteiger partial charge in [-0.25, -0.2) is 9.78 Å². The Hall–Kier alpha value is -2.37. The van der Waals surface area contributed by atoms with Crippen molar-refractivity contribution in [3.05, 3.63) is 30.1 Å². The molecule has 1 atom stereocenters. The quantitative estimate of drug-likeness (QED) is 0.872. The molecular formula is C13H15N3O3. The van der Waals surface area contributed by atoms with Gasteiger partial charge in [0.25, 0.3) is 0 Å². The van der Waals surface area contributed by atoms with Crippen LogP contribution in [0.4, 0.5) is 0 Å². The fraction of sp³-hybridized carbons (Fsp3) is 0.308. The Bertz CT molecular complexity index is 633. The average molecular weight is 261 g/mol. The van der Waals surface area contributed by atoms with Crippen molar-refractivity contribution in [2.45, 2.75) is 19.9 Å². The molecule has 1 heterocycles. The zero-order valence-corrected chi connectivity index (χ0v) is 10.8. The summed E-state index contributed by atoms with van der Waals surface area (Å²) in [5.41, 5.74) is 1.17. The Morgan fingerprint density at radius 3 is 2.84 bits per heavy atom. The summed E-state index contributed by atoms with van der Waals surface area (Å²) in [6, 6.07) is 4.46. The standard InChI is InChI=1S/C13H15N3O3/c1-3-14-12(17)8(2)16-7-15-11-9(13(18)19)5-4-6-10(11)16/h4-8H,3H2,1-2H3,(H,14,17)(H,18,19). The fourth-order valence-corrected chi connectivity index (χ4v) is 1.99. The number of nitrogens with one attached hydrogen (secondary N) is 1. The topological polar surface area (TPSA) is 84.2 Å². The number of carbonyl (C=O) groups excluding carboxylic acids is 1. The first-order valence-corrected chi connectivity index (χ1v) is 6.02. The molecule has 1 amide bonds. The molecule has 6 heteroatoms. The van der Waals surface area contributed by atoms with E-state index in [1.807, 2.05) is 6.92 Å². The van der Waals surface area contributed by atoms with Crippen LogP contribution < -0.4 is 5.32 Å². The van der Waals surface area contributed by atoms with Gasteiger partial charge in [-0.2, -0.15) is 0 Å². The predicted octanol–water partition coefficient (Wildman–Crippen LogP) is 1.43. The van der Waals surface area contributed by atoms with Crippen LogP contribution in [0.1, 0.15) is 30.2 Å². The third-order valence-electron chi connectivity index (χ3n) is 2.98. The summed E-state index contributed by atoms with van der Waals surface area (Å²) in [5.74, 6) is -1.15. The Balaban J connectivity index is 2.49. The van der Waals surface area contributed by atoms with Gasteiger partial charge in [-0.05, 0) is 26.0 Å². The minimum Gasteiger partial charge on any atom is -0.478 e. The van der Waals surface area contributed by atoms with Crippen LogP contribution in [-0.2, 0) is 4.79 Å². The summed E-state index contributed by atoms with van der Waals surface area (Å²) >= 11 is 0. The minimum absolute atomic E-state index is 0.123. The van der Waals surface area contributed by atoms with Gasteiger partial charge in [-0.1, -0.05) is 6.07 Å². The molecule has 0 aliphatic rings. The molecule has 0 aliphatic carbocycles. The van der Waals surface area contributed by atoms with E-state index in [2.05, 4.69) is 10.3 Å². The Labute approximate surface area is 110 Å². The van der Waals surface area contributed by atoms with Gasteiger partial charge in [0.05, 0.1) is 17.4 Å². The van der Waals surface area contributed by atoms with E-state index >= 15 is 0 Å². The summed E-state index contributed by atoms with van der Waals surface area (Å²) in [6.07, 6.45) is 1.50. The normalized spacial score (nSPS) is 12.3. The van der Waals surface area contributed by atoms with Crippen LogP contribution in [0.2, 0.25) is 0 Å². The molecule has 0 saturated carbocycles. The van der Waals surface area contributed by atoms with Crippen LogP contribution in [0.5, 0.6) is 0 Å². The number of carboxylic acid groups (broad SMARTS) is 1. The van der Waals surface area contributed by atoms with Crippen molar-refractivity contribution in [1.29, 1.82) is 0 Å². The number of carboxylic acids is 1. The van der Waals surface area contributed by atoms with Gasteiger partial charge in [-0.3, -0.25) is 4.79 Å². The molecule has 2 rings (SSSR count). The third kappa shape index (κ3) is 2.29. The smallest absolute Gasteiger partial charge is 0.337 e. The molecule has 6 nitrogen and oxygen atoms in total. The number of amides is 1. The van der Waals surface area contributed by atoms with Gasteiger partial charge >= 0.3 is 5.97 Å². The van der Waals surface area contributed by atoms with Crippen molar-refractivity contribution < 1.29 is 14.7 Å². The molecule has 0 radical (unpaired) electrons. The van der Waals surface area contributed by atoms with Gasteiger partial charge in [0.2, 0.25) is 5.91 Å². The summed E-state index contributed by atoms with van der Waals surface area (Å²) in [4.78, 5) is 27.0. The molecule has 19 heavy (non-hydrogen) atoms. The van der Waals surface area contributed by atoms with Crippen LogP contribution in [0, 0.1) is 0 Å². The highest BCUT2D eigenvalue weighted by Crippen LogP contribution is 2.21. The average Bonchev–Trinajstić information content (AvgIpc) is 2.81. The zero-order valence-electron chi connectivity index (χ0n) is 10.8. The highest BCUT2D eigenvalue weighted by molar-refractivity contribution is 6.01. The molecule has 2 N–H and O–H groups in total. The number of para-hydroxylation sites is 1. The molecule has 1 aromatic carbocycles. The monoisotopic (exact) mass is 261 g/mol. The maximum Gasteiger partial charge on any atom is 0.337 e. The molecular weight excluding hydrogens is 246 g/mol. The van der Waals surface area contributed by atoms with Gasteiger partial charge < -0.3 is 15.0 Å². The zero-order chi connectivity index (χ0) is 14.0. The van der Waals surface area contributed by atoms with E-state index in [4.69, 9.17) is 5.11 Å². The van der Waals surface area contributed by atoms with Crippen LogP contribution in [-0.4, -0.2) is 33.1 Å². The van der Waals surface area contributed by atoms with E-state index in [9.17, 15) is 9.59 Å². The molecule has 0 saturated heterocycles. The van der Waals surface area contributed by atoms with Crippen LogP contribution >= 0.6 is 0 Å². The van der Waals surface area contributed by atoms with E-state index < -0.39 is 12.0 Å². The van der Waals surface area contributed by atoms with Gasteiger partial charge in [0, 0.05) is 6.54 Å². The summed E-state index contributed by atoms with van der Waals surface area (Å²) in [6.45, 7) is 4.15. The van der Waals surface area contributed by atoms with Crippen molar-refractivity contribution in [2.24, 2.45) is 0 Å². The molecule has 0 aliphatic heterocycles. The molecule has 0 fully saturated rings. The predicted molar refractivity (Wildman–Crippen MR) is 70.1 cm³/mol. The minimum atomic E-state index is -1.03. The van der Waals surface area contributed by atoms with Crippen molar-refractivity contribution in [3.63, 3.8) is 0 Å². The maximum atomic E-state index is 11.8. The van der Waals surface area contributed by atoms with E-state index in [1.165, 1.54) is 12.4 Å². The van der Waals surface area contributed by atoms with Gasteiger partial charge in [-0.15, -0.1) is 0 Å². The number of hydrogen-bond donors (Lipinski definition) is 2. The van der Waals surface area contributed by atoms with Gasteiger partial charge in [0.1, 0.15) is 11.6 Å². The number of nitrogens with zero attached hydrogens (tertiary/aromatic N) is 2. The first-order chi connectivity index (χ1) is 9.06. The fourth-order valence-electron chi connectivity index (χ4n) is 1.99. The lowest BCUT2D eigenvalue weighted by Crippen LogP contribution is -2.30. The van der Waals surface area contributed by atoms with Crippen molar-refractivity contribution in [1.82, 2.24) is 14.9 Å². The number of aromatic carboxylic acids is 1. The first kappa shape index (κ1) is 13.1. The van der Waals surface area contributed by atoms with Crippen LogP contribution in [0.25, 0.3) is 11.0 Å². The number of benzene rings is 1. The molecule has 1 aromatic heterocycles. The lowest BCUT2D eigenvalue weighted by atomic mass is 10.2. The largest absolute Gasteiger partial charge is 0.478 e. The van der Waals surface area contributed by atoms with E-state index in [1.54, 1.807) is 23.6 Å². The third-order valence-corrected chi connectivity index (χ3v) is 2.98. The van der Waals surface area contributed by atoms with E-state index in [-0.39, 0.29) is 11.5 Å². The summed E-state index contributed by atoms with van der Waals surface area (Å²) in [5, 5.41) is 11.8. The second kappa shape index (κ2) is 5.09. The Morgan fingerprint density at radius 2 is 2.21 bits per heavy atom. The number of carbonyl (C=O) groups is 2. The number of aromatic nitrogens is 2. The molecule has 0 bridgehead atoms. The van der Waals surface area contributed by atoms with Crippen LogP contribution in [0.15, 0.2) is 24.5 Å². The van der Waals surface area contributed by atoms with Crippen molar-refractivity contribution in [3.8, 4) is 0 Å². The highest BCUT2D eigenvalue weighted by Gasteiger charge is 2.18. The lowest BCUT2D eigenvalue weighted by molar-refractivity contribution is -0.123. The number of hydrogen-bond acceptors (Lipinski definition) is 3. The number of likely N-dealkylation sites (N-methyl/N-ethyl adjacent to an activating group) is 1. The van der Waals surface area contributed by atoms with E-state index in [0.29, 0.717) is 17.6 Å². The number of fused-ring (bicyclic) bond motifs is 1. The number of rotatable bonds is 4. The molecule has 100 valence electrons. The second-order valence-electron chi connectivity index (χ2n) is 4.20. The summed E-state index contributed by atoms with van der Waals surface area (Å²) < 4.78 is 1.67. The Kier molecular flexibility index (Phi) is 3.50. The van der Waals surface area contributed by atoms with Gasteiger partial charge in [0.15, 0.2) is 0 Å². The SMILES string of the molecule is CCNC(=O)C(C)n1cnc2c(C(=O)O)cccc21. The molecule has 1 unspecified atom stereocenters. The van der Waals surface area contributed by atoms with E-state index in [0.717, 1.165) is 0 Å². The first-order valence-electron chi connectivity index (χ1n) is 6.02. The van der Waals surface area contributed by atoms with Crippen molar-refractivity contribution >= 4 is 22.9 Å². The molecule has 2 aromatic rings. The highest BCUT2D eigenvalue weighted by atomic mass is 16.4. The number of imidazole rings is 1. The van der Waals surface area contributed by atoms with Crippen molar-refractivity contribution in [2.75, 3.05) is 6.54 Å². The summed E-state index contributed by atoms with van der Waals surface area (Å²) in [7, 11) is 0. The molecule has 0 spiro atoms. The maximum absolute atomic E-state index is 11.8. The van der Waals surface area contributed by atoms with Crippen LogP contribution in [0.3, 0.4) is 0 Å².